The number of nitrogens with two attached hydrogens (primary N) is 1. The third kappa shape index (κ3) is 1.98. The van der Waals surface area contributed by atoms with Crippen LogP contribution in [0.3, 0.4) is 0 Å². The van der Waals surface area contributed by atoms with E-state index < -0.39 is 0 Å². The van der Waals surface area contributed by atoms with Crippen molar-refractivity contribution in [3.63, 3.8) is 0 Å². The van der Waals surface area contributed by atoms with Crippen molar-refractivity contribution in [2.45, 2.75) is 6.92 Å². The number of aromatic nitrogens is 1. The standard InChI is InChI=1S/C13H14N2O/c1-9-3-5-11(14)7-12(9)10-4-6-13(16-2)15-8-10/h3-8H,14H2,1-2H3. The number of ether oxygens (including phenoxy) is 1. The lowest BCUT2D eigenvalue weighted by Gasteiger charge is -2.07. The second-order valence-corrected chi connectivity index (χ2v) is 3.66. The van der Waals surface area contributed by atoms with Crippen LogP contribution in [-0.2, 0) is 0 Å². The van der Waals surface area contributed by atoms with Gasteiger partial charge in [0.05, 0.1) is 7.11 Å². The summed E-state index contributed by atoms with van der Waals surface area (Å²) in [5.41, 5.74) is 9.87. The molecule has 0 saturated heterocycles. The van der Waals surface area contributed by atoms with Gasteiger partial charge in [-0.05, 0) is 36.2 Å². The van der Waals surface area contributed by atoms with Crippen LogP contribution < -0.4 is 10.5 Å². The molecule has 82 valence electrons. The molecule has 3 nitrogen and oxygen atoms in total. The number of anilines is 1. The van der Waals surface area contributed by atoms with Crippen LogP contribution in [0, 0.1) is 6.92 Å². The van der Waals surface area contributed by atoms with E-state index in [1.165, 1.54) is 5.56 Å². The molecule has 0 aliphatic rings. The molecule has 0 aliphatic heterocycles. The Morgan fingerprint density at radius 2 is 2.00 bits per heavy atom. The molecule has 0 radical (unpaired) electrons. The minimum Gasteiger partial charge on any atom is -0.481 e. The van der Waals surface area contributed by atoms with Gasteiger partial charge in [0, 0.05) is 23.5 Å². The average Bonchev–Trinajstić information content (AvgIpc) is 2.32. The van der Waals surface area contributed by atoms with Gasteiger partial charge in [0.2, 0.25) is 5.88 Å². The number of nitrogen functional groups attached to an aromatic ring is 1. The van der Waals surface area contributed by atoms with Gasteiger partial charge in [-0.3, -0.25) is 0 Å². The smallest absolute Gasteiger partial charge is 0.212 e. The summed E-state index contributed by atoms with van der Waals surface area (Å²) >= 11 is 0. The van der Waals surface area contributed by atoms with E-state index >= 15 is 0 Å². The zero-order valence-corrected chi connectivity index (χ0v) is 9.40. The van der Waals surface area contributed by atoms with E-state index in [0.717, 1.165) is 16.8 Å². The summed E-state index contributed by atoms with van der Waals surface area (Å²) in [6, 6.07) is 9.69. The average molecular weight is 214 g/mol. The number of nitrogens with zero attached hydrogens (tertiary/aromatic N) is 1. The van der Waals surface area contributed by atoms with Gasteiger partial charge < -0.3 is 10.5 Å². The van der Waals surface area contributed by atoms with Gasteiger partial charge in [0.25, 0.3) is 0 Å². The van der Waals surface area contributed by atoms with Crippen LogP contribution in [0.4, 0.5) is 5.69 Å². The number of pyridine rings is 1. The van der Waals surface area contributed by atoms with Crippen LogP contribution in [0.1, 0.15) is 5.56 Å². The summed E-state index contributed by atoms with van der Waals surface area (Å²) < 4.78 is 5.02. The molecule has 2 N–H and O–H groups in total. The van der Waals surface area contributed by atoms with Crippen molar-refractivity contribution in [1.29, 1.82) is 0 Å². The molecule has 0 aliphatic carbocycles. The molecule has 0 saturated carbocycles. The SMILES string of the molecule is COc1ccc(-c2cc(N)ccc2C)cn1. The van der Waals surface area contributed by atoms with Crippen molar-refractivity contribution in [1.82, 2.24) is 4.98 Å². The van der Waals surface area contributed by atoms with Crippen molar-refractivity contribution in [2.24, 2.45) is 0 Å². The Labute approximate surface area is 94.9 Å². The molecule has 0 bridgehead atoms. The van der Waals surface area contributed by atoms with Crippen LogP contribution in [-0.4, -0.2) is 12.1 Å². The van der Waals surface area contributed by atoms with Crippen LogP contribution in [0.2, 0.25) is 0 Å². The zero-order valence-electron chi connectivity index (χ0n) is 9.40. The van der Waals surface area contributed by atoms with Gasteiger partial charge >= 0.3 is 0 Å². The Bertz CT molecular complexity index is 492. The lowest BCUT2D eigenvalue weighted by molar-refractivity contribution is 0.398. The number of rotatable bonds is 2. The monoisotopic (exact) mass is 214 g/mol. The second-order valence-electron chi connectivity index (χ2n) is 3.66. The summed E-state index contributed by atoms with van der Waals surface area (Å²) in [5, 5.41) is 0. The van der Waals surface area contributed by atoms with Crippen LogP contribution >= 0.6 is 0 Å². The first-order valence-corrected chi connectivity index (χ1v) is 5.07. The highest BCUT2D eigenvalue weighted by atomic mass is 16.5. The summed E-state index contributed by atoms with van der Waals surface area (Å²) in [6.07, 6.45) is 1.79. The largest absolute Gasteiger partial charge is 0.481 e. The summed E-state index contributed by atoms with van der Waals surface area (Å²) in [6.45, 7) is 2.05. The molecule has 2 aromatic rings. The summed E-state index contributed by atoms with van der Waals surface area (Å²) in [7, 11) is 1.60. The number of aryl methyl sites for hydroxylation is 1. The first-order valence-electron chi connectivity index (χ1n) is 5.07. The maximum absolute atomic E-state index is 5.78. The summed E-state index contributed by atoms with van der Waals surface area (Å²) in [5.74, 6) is 0.616. The molecule has 0 spiro atoms. The predicted octanol–water partition coefficient (Wildman–Crippen LogP) is 2.65. The van der Waals surface area contributed by atoms with E-state index in [9.17, 15) is 0 Å². The topological polar surface area (TPSA) is 48.1 Å². The molecular formula is C13H14N2O. The van der Waals surface area contributed by atoms with Gasteiger partial charge in [-0.25, -0.2) is 4.98 Å². The van der Waals surface area contributed by atoms with Crippen LogP contribution in [0.5, 0.6) is 5.88 Å². The molecule has 16 heavy (non-hydrogen) atoms. The molecule has 1 aromatic carbocycles. The van der Waals surface area contributed by atoms with E-state index in [1.807, 2.05) is 30.3 Å². The van der Waals surface area contributed by atoms with Gasteiger partial charge in [0.1, 0.15) is 0 Å². The van der Waals surface area contributed by atoms with E-state index in [4.69, 9.17) is 10.5 Å². The number of hydrogen-bond donors (Lipinski definition) is 1. The van der Waals surface area contributed by atoms with Gasteiger partial charge in [-0.15, -0.1) is 0 Å². The Balaban J connectivity index is 2.45. The fourth-order valence-corrected chi connectivity index (χ4v) is 1.61. The van der Waals surface area contributed by atoms with E-state index in [1.54, 1.807) is 13.3 Å². The molecule has 1 aromatic heterocycles. The van der Waals surface area contributed by atoms with Crippen molar-refractivity contribution in [3.8, 4) is 17.0 Å². The number of benzene rings is 1. The third-order valence-electron chi connectivity index (χ3n) is 2.52. The third-order valence-corrected chi connectivity index (χ3v) is 2.52. The number of methoxy groups -OCH3 is 1. The van der Waals surface area contributed by atoms with E-state index in [-0.39, 0.29) is 0 Å². The lowest BCUT2D eigenvalue weighted by Crippen LogP contribution is -1.91. The molecule has 2 rings (SSSR count). The maximum Gasteiger partial charge on any atom is 0.212 e. The fraction of sp³-hybridized carbons (Fsp3) is 0.154. The Morgan fingerprint density at radius 1 is 1.19 bits per heavy atom. The Kier molecular flexibility index (Phi) is 2.77. The minimum absolute atomic E-state index is 0.616. The molecule has 0 atom stereocenters. The normalized spacial score (nSPS) is 10.1. The second kappa shape index (κ2) is 4.23. The highest BCUT2D eigenvalue weighted by molar-refractivity contribution is 5.70. The lowest BCUT2D eigenvalue weighted by atomic mass is 10.0. The van der Waals surface area contributed by atoms with Gasteiger partial charge in [-0.2, -0.15) is 0 Å². The molecule has 3 heteroatoms. The molecular weight excluding hydrogens is 200 g/mol. The van der Waals surface area contributed by atoms with Crippen molar-refractivity contribution < 1.29 is 4.74 Å². The number of hydrogen-bond acceptors (Lipinski definition) is 3. The zero-order chi connectivity index (χ0) is 11.5. The van der Waals surface area contributed by atoms with Gasteiger partial charge in [-0.1, -0.05) is 6.07 Å². The molecule has 0 unspecified atom stereocenters. The highest BCUT2D eigenvalue weighted by Crippen LogP contribution is 2.25. The maximum atomic E-state index is 5.78. The van der Waals surface area contributed by atoms with Crippen molar-refractivity contribution in [2.75, 3.05) is 12.8 Å². The van der Waals surface area contributed by atoms with Crippen LogP contribution in [0.15, 0.2) is 36.5 Å². The first-order chi connectivity index (χ1) is 7.70. The molecule has 0 amide bonds. The Morgan fingerprint density at radius 3 is 2.62 bits per heavy atom. The minimum atomic E-state index is 0.616. The quantitative estimate of drug-likeness (QED) is 0.782. The first kappa shape index (κ1) is 10.5. The predicted molar refractivity (Wildman–Crippen MR) is 65.4 cm³/mol. The fourth-order valence-electron chi connectivity index (χ4n) is 1.61. The van der Waals surface area contributed by atoms with Gasteiger partial charge in [0.15, 0.2) is 0 Å². The summed E-state index contributed by atoms with van der Waals surface area (Å²) in [4.78, 5) is 4.18. The van der Waals surface area contributed by atoms with Crippen molar-refractivity contribution >= 4 is 5.69 Å². The van der Waals surface area contributed by atoms with E-state index in [0.29, 0.717) is 5.88 Å². The van der Waals surface area contributed by atoms with Crippen LogP contribution in [0.25, 0.3) is 11.1 Å². The molecule has 1 heterocycles. The van der Waals surface area contributed by atoms with E-state index in [2.05, 4.69) is 11.9 Å². The Hall–Kier alpha value is -2.03. The highest BCUT2D eigenvalue weighted by Gasteiger charge is 2.03. The molecule has 0 fully saturated rings. The van der Waals surface area contributed by atoms with Crippen molar-refractivity contribution in [3.05, 3.63) is 42.1 Å².